The molecule has 1 N–H and O–H groups in total. The van der Waals surface area contributed by atoms with E-state index in [-0.39, 0.29) is 23.3 Å². The van der Waals surface area contributed by atoms with Crippen molar-refractivity contribution in [2.45, 2.75) is 6.10 Å². The highest BCUT2D eigenvalue weighted by atomic mass is 19.1. The van der Waals surface area contributed by atoms with Gasteiger partial charge in [0.15, 0.2) is 0 Å². The number of aliphatic carboxylic acids is 1. The number of hydrogen-bond donors (Lipinski definition) is 1. The standard InChI is InChI=1S/C14H13FN2O5/c1-20-10-7-11(21-2)17-14(16-10)22-12(13(18)19)8-4-3-5-9(15)6-8/h3-7,12H,1-2H3,(H,18,19). The quantitative estimate of drug-likeness (QED) is 0.870. The normalized spacial score (nSPS) is 11.6. The Morgan fingerprint density at radius 1 is 1.18 bits per heavy atom. The molecule has 7 nitrogen and oxygen atoms in total. The first-order valence-electron chi connectivity index (χ1n) is 6.15. The van der Waals surface area contributed by atoms with Crippen molar-refractivity contribution >= 4 is 5.97 Å². The van der Waals surface area contributed by atoms with Crippen LogP contribution < -0.4 is 14.2 Å². The Hall–Kier alpha value is -2.90. The summed E-state index contributed by atoms with van der Waals surface area (Å²) in [5, 5.41) is 9.27. The Balaban J connectivity index is 2.34. The third kappa shape index (κ3) is 3.60. The van der Waals surface area contributed by atoms with Crippen molar-refractivity contribution in [2.24, 2.45) is 0 Å². The van der Waals surface area contributed by atoms with E-state index in [2.05, 4.69) is 9.97 Å². The summed E-state index contributed by atoms with van der Waals surface area (Å²) in [6.07, 6.45) is -1.47. The number of ether oxygens (including phenoxy) is 3. The van der Waals surface area contributed by atoms with Crippen LogP contribution in [0.4, 0.5) is 4.39 Å². The fourth-order valence-electron chi connectivity index (χ4n) is 1.68. The van der Waals surface area contributed by atoms with Crippen LogP contribution in [0.1, 0.15) is 11.7 Å². The lowest BCUT2D eigenvalue weighted by atomic mass is 10.1. The zero-order valence-electron chi connectivity index (χ0n) is 11.8. The maximum Gasteiger partial charge on any atom is 0.349 e. The topological polar surface area (TPSA) is 90.8 Å². The van der Waals surface area contributed by atoms with Crippen molar-refractivity contribution < 1.29 is 28.5 Å². The summed E-state index contributed by atoms with van der Waals surface area (Å²) in [6, 6.07) is 6.23. The van der Waals surface area contributed by atoms with Crippen LogP contribution in [-0.4, -0.2) is 35.3 Å². The van der Waals surface area contributed by atoms with Gasteiger partial charge >= 0.3 is 12.0 Å². The van der Waals surface area contributed by atoms with E-state index in [4.69, 9.17) is 14.2 Å². The number of carbonyl (C=O) groups is 1. The number of carboxylic acid groups (broad SMARTS) is 1. The monoisotopic (exact) mass is 308 g/mol. The average molecular weight is 308 g/mol. The Kier molecular flexibility index (Phi) is 4.72. The van der Waals surface area contributed by atoms with E-state index in [9.17, 15) is 14.3 Å². The highest BCUT2D eigenvalue weighted by Crippen LogP contribution is 2.24. The SMILES string of the molecule is COc1cc(OC)nc(OC(C(=O)O)c2cccc(F)c2)n1. The molecule has 1 aromatic carbocycles. The van der Waals surface area contributed by atoms with Gasteiger partial charge < -0.3 is 19.3 Å². The van der Waals surface area contributed by atoms with Crippen molar-refractivity contribution in [3.63, 3.8) is 0 Å². The Morgan fingerprint density at radius 3 is 2.32 bits per heavy atom. The molecular formula is C14H13FN2O5. The molecule has 0 aliphatic heterocycles. The molecule has 8 heteroatoms. The van der Waals surface area contributed by atoms with Gasteiger partial charge in [0, 0.05) is 5.56 Å². The third-order valence-corrected chi connectivity index (χ3v) is 2.68. The van der Waals surface area contributed by atoms with Crippen LogP contribution in [0.15, 0.2) is 30.3 Å². The lowest BCUT2D eigenvalue weighted by Gasteiger charge is -2.15. The van der Waals surface area contributed by atoms with E-state index in [1.165, 1.54) is 38.5 Å². The minimum Gasteiger partial charge on any atom is -0.481 e. The van der Waals surface area contributed by atoms with Crippen LogP contribution in [0, 0.1) is 5.82 Å². The van der Waals surface area contributed by atoms with E-state index in [0.717, 1.165) is 6.07 Å². The minimum absolute atomic E-state index is 0.123. The third-order valence-electron chi connectivity index (χ3n) is 2.68. The number of nitrogens with zero attached hydrogens (tertiary/aromatic N) is 2. The summed E-state index contributed by atoms with van der Waals surface area (Å²) < 4.78 is 28.4. The Morgan fingerprint density at radius 2 is 1.82 bits per heavy atom. The van der Waals surface area contributed by atoms with Crippen LogP contribution in [-0.2, 0) is 4.79 Å². The molecule has 0 spiro atoms. The van der Waals surface area contributed by atoms with E-state index >= 15 is 0 Å². The Bertz CT molecular complexity index is 658. The van der Waals surface area contributed by atoms with Crippen molar-refractivity contribution in [1.29, 1.82) is 0 Å². The molecule has 1 aromatic heterocycles. The molecule has 22 heavy (non-hydrogen) atoms. The van der Waals surface area contributed by atoms with Gasteiger partial charge in [-0.2, -0.15) is 9.97 Å². The number of hydrogen-bond acceptors (Lipinski definition) is 6. The van der Waals surface area contributed by atoms with Gasteiger partial charge in [-0.3, -0.25) is 0 Å². The van der Waals surface area contributed by atoms with Gasteiger partial charge in [-0.1, -0.05) is 12.1 Å². The van der Waals surface area contributed by atoms with Gasteiger partial charge in [0.05, 0.1) is 20.3 Å². The van der Waals surface area contributed by atoms with Gasteiger partial charge in [-0.15, -0.1) is 0 Å². The molecule has 0 aliphatic rings. The molecule has 0 aliphatic carbocycles. The molecule has 0 bridgehead atoms. The molecule has 116 valence electrons. The van der Waals surface area contributed by atoms with Crippen LogP contribution >= 0.6 is 0 Å². The predicted octanol–water partition coefficient (Wildman–Crippen LogP) is 1.84. The van der Waals surface area contributed by atoms with Gasteiger partial charge in [0.2, 0.25) is 17.9 Å². The summed E-state index contributed by atoms with van der Waals surface area (Å²) in [5.41, 5.74) is 0.123. The highest BCUT2D eigenvalue weighted by molar-refractivity contribution is 5.74. The van der Waals surface area contributed by atoms with Gasteiger partial charge in [-0.25, -0.2) is 9.18 Å². The second-order valence-electron chi connectivity index (χ2n) is 4.13. The first kappa shape index (κ1) is 15.5. The summed E-state index contributed by atoms with van der Waals surface area (Å²) in [5.74, 6) is -1.59. The van der Waals surface area contributed by atoms with Gasteiger partial charge in [-0.05, 0) is 12.1 Å². The van der Waals surface area contributed by atoms with Crippen LogP contribution in [0.2, 0.25) is 0 Å². The highest BCUT2D eigenvalue weighted by Gasteiger charge is 2.24. The molecule has 2 aromatic rings. The predicted molar refractivity (Wildman–Crippen MR) is 72.5 cm³/mol. The van der Waals surface area contributed by atoms with Gasteiger partial charge in [0.1, 0.15) is 5.82 Å². The van der Waals surface area contributed by atoms with E-state index in [1.54, 1.807) is 0 Å². The number of methoxy groups -OCH3 is 2. The van der Waals surface area contributed by atoms with E-state index < -0.39 is 17.9 Å². The number of halogens is 1. The minimum atomic E-state index is -1.47. The zero-order valence-corrected chi connectivity index (χ0v) is 11.8. The van der Waals surface area contributed by atoms with Crippen LogP contribution in [0.25, 0.3) is 0 Å². The summed E-state index contributed by atoms with van der Waals surface area (Å²) in [6.45, 7) is 0. The molecule has 1 heterocycles. The molecule has 0 amide bonds. The number of carboxylic acids is 1. The largest absolute Gasteiger partial charge is 0.481 e. The summed E-state index contributed by atoms with van der Waals surface area (Å²) in [7, 11) is 2.76. The van der Waals surface area contributed by atoms with Crippen molar-refractivity contribution in [1.82, 2.24) is 9.97 Å². The number of rotatable bonds is 6. The van der Waals surface area contributed by atoms with Crippen LogP contribution in [0.3, 0.4) is 0 Å². The fourth-order valence-corrected chi connectivity index (χ4v) is 1.68. The maximum atomic E-state index is 13.2. The first-order valence-corrected chi connectivity index (χ1v) is 6.15. The van der Waals surface area contributed by atoms with E-state index in [1.807, 2.05) is 0 Å². The first-order chi connectivity index (χ1) is 10.5. The molecule has 0 fully saturated rings. The maximum absolute atomic E-state index is 13.2. The summed E-state index contributed by atoms with van der Waals surface area (Å²) >= 11 is 0. The molecule has 2 rings (SSSR count). The van der Waals surface area contributed by atoms with Crippen LogP contribution in [0.5, 0.6) is 17.8 Å². The molecule has 0 saturated carbocycles. The second kappa shape index (κ2) is 6.70. The second-order valence-corrected chi connectivity index (χ2v) is 4.13. The number of aromatic nitrogens is 2. The number of benzene rings is 1. The van der Waals surface area contributed by atoms with Crippen molar-refractivity contribution in [2.75, 3.05) is 14.2 Å². The van der Waals surface area contributed by atoms with Crippen molar-refractivity contribution in [3.05, 3.63) is 41.7 Å². The molecule has 1 unspecified atom stereocenters. The van der Waals surface area contributed by atoms with Crippen molar-refractivity contribution in [3.8, 4) is 17.8 Å². The average Bonchev–Trinajstić information content (AvgIpc) is 2.51. The fraction of sp³-hybridized carbons (Fsp3) is 0.214. The Labute approximate surface area is 125 Å². The molecule has 0 radical (unpaired) electrons. The lowest BCUT2D eigenvalue weighted by Crippen LogP contribution is -2.19. The molecule has 1 atom stereocenters. The lowest BCUT2D eigenvalue weighted by molar-refractivity contribution is -0.145. The zero-order chi connectivity index (χ0) is 16.1. The molecule has 0 saturated heterocycles. The van der Waals surface area contributed by atoms with E-state index in [0.29, 0.717) is 0 Å². The smallest absolute Gasteiger partial charge is 0.349 e. The van der Waals surface area contributed by atoms with Gasteiger partial charge in [0.25, 0.3) is 0 Å². The summed E-state index contributed by atoms with van der Waals surface area (Å²) in [4.78, 5) is 19.1. The molecular weight excluding hydrogens is 295 g/mol.